The average Bonchev–Trinajstić information content (AvgIpc) is 3.11. The molecule has 3 saturated heterocycles. The maximum absolute atomic E-state index is 12.2. The van der Waals surface area contributed by atoms with Crippen molar-refractivity contribution in [2.75, 3.05) is 34.5 Å². The van der Waals surface area contributed by atoms with Crippen molar-refractivity contribution < 1.29 is 66.4 Å². The van der Waals surface area contributed by atoms with Crippen molar-refractivity contribution in [1.29, 1.82) is 0 Å². The summed E-state index contributed by atoms with van der Waals surface area (Å²) in [5.74, 6) is 0.227. The summed E-state index contributed by atoms with van der Waals surface area (Å²) in [6.07, 6.45) is -8.25. The Bertz CT molecular complexity index is 1400. The molecule has 2 aromatic rings. The van der Waals surface area contributed by atoms with Crippen LogP contribution in [0.1, 0.15) is 38.2 Å². The van der Waals surface area contributed by atoms with Crippen molar-refractivity contribution in [2.24, 2.45) is 0 Å². The number of carbonyl (C=O) groups is 2. The van der Waals surface area contributed by atoms with Crippen LogP contribution in [0.15, 0.2) is 61.2 Å². The summed E-state index contributed by atoms with van der Waals surface area (Å²) in [4.78, 5) is 24.2. The molecule has 0 spiro atoms. The number of rotatable bonds is 14. The van der Waals surface area contributed by atoms with Crippen molar-refractivity contribution >= 4 is 11.9 Å². The van der Waals surface area contributed by atoms with E-state index in [9.17, 15) is 9.59 Å². The zero-order valence-corrected chi connectivity index (χ0v) is 29.1. The lowest BCUT2D eigenvalue weighted by atomic mass is 9.96. The third-order valence-electron chi connectivity index (χ3n) is 8.55. The number of hydrogen-bond donors (Lipinski definition) is 0. The molecule has 0 aromatic heterocycles. The summed E-state index contributed by atoms with van der Waals surface area (Å²) in [6.45, 7) is 8.45. The van der Waals surface area contributed by atoms with Crippen molar-refractivity contribution in [1.82, 2.24) is 0 Å². The number of ether oxygens (including phenoxy) is 12. The van der Waals surface area contributed by atoms with E-state index in [1.165, 1.54) is 21.0 Å². The summed E-state index contributed by atoms with van der Waals surface area (Å²) in [5, 5.41) is 0. The number of fused-ring (bicyclic) bond motifs is 1. The van der Waals surface area contributed by atoms with Crippen LogP contribution in [0.2, 0.25) is 0 Å². The first-order valence-electron chi connectivity index (χ1n) is 16.4. The van der Waals surface area contributed by atoms with Crippen molar-refractivity contribution in [2.45, 2.75) is 95.1 Å². The van der Waals surface area contributed by atoms with Gasteiger partial charge in [-0.3, -0.25) is 9.59 Å². The fourth-order valence-electron chi connectivity index (χ4n) is 6.19. The third kappa shape index (κ3) is 9.00. The summed E-state index contributed by atoms with van der Waals surface area (Å²) in [7, 11) is 4.61. The topological polar surface area (TPSA) is 145 Å². The molecule has 3 aliphatic heterocycles. The lowest BCUT2D eigenvalue weighted by Gasteiger charge is -2.51. The van der Waals surface area contributed by atoms with E-state index in [2.05, 4.69) is 6.58 Å². The van der Waals surface area contributed by atoms with Crippen LogP contribution in [0.3, 0.4) is 0 Å². The standard InChI is InChI=1S/C36H46O14/c1-8-17-42-35-33(50-36-32(41-7)31(47-22(4)38)28(20(2)45-36)46-21(3)37)30(43-18-23-9-13-25(39-5)14-10-23)29-27(48-35)19-44-34(49-29)24-11-15-26(40-6)16-12-24/h8-16,20,27-36H,1,17-19H2,2-7H3/t20-,27+,28+,29-,30-,31+,32-,33+,34?,35+,36-/m0/s1. The quantitative estimate of drug-likeness (QED) is 0.209. The van der Waals surface area contributed by atoms with Gasteiger partial charge in [-0.15, -0.1) is 6.58 Å². The second kappa shape index (κ2) is 17.6. The first-order valence-corrected chi connectivity index (χ1v) is 16.4. The van der Waals surface area contributed by atoms with E-state index in [4.69, 9.17) is 56.8 Å². The van der Waals surface area contributed by atoms with Crippen LogP contribution in [0.4, 0.5) is 0 Å². The van der Waals surface area contributed by atoms with E-state index in [-0.39, 0.29) is 19.8 Å². The maximum Gasteiger partial charge on any atom is 0.303 e. The minimum atomic E-state index is -1.16. The van der Waals surface area contributed by atoms with Crippen molar-refractivity contribution in [3.63, 3.8) is 0 Å². The van der Waals surface area contributed by atoms with Crippen molar-refractivity contribution in [3.05, 3.63) is 72.3 Å². The molecule has 3 aliphatic rings. The van der Waals surface area contributed by atoms with E-state index >= 15 is 0 Å². The van der Waals surface area contributed by atoms with Crippen LogP contribution in [0, 0.1) is 0 Å². The minimum Gasteiger partial charge on any atom is -0.497 e. The van der Waals surface area contributed by atoms with Crippen LogP contribution in [0.25, 0.3) is 0 Å². The fourth-order valence-corrected chi connectivity index (χ4v) is 6.19. The molecule has 0 aliphatic carbocycles. The molecule has 11 atom stereocenters. The molecule has 3 heterocycles. The predicted octanol–water partition coefficient (Wildman–Crippen LogP) is 3.64. The molecule has 0 saturated carbocycles. The molecule has 0 radical (unpaired) electrons. The van der Waals surface area contributed by atoms with Crippen LogP contribution < -0.4 is 9.47 Å². The van der Waals surface area contributed by atoms with Gasteiger partial charge in [0, 0.05) is 26.5 Å². The molecular formula is C36H46O14. The summed E-state index contributed by atoms with van der Waals surface area (Å²) >= 11 is 0. The molecule has 14 heteroatoms. The Balaban J connectivity index is 1.48. The molecule has 5 rings (SSSR count). The third-order valence-corrected chi connectivity index (χ3v) is 8.55. The minimum absolute atomic E-state index is 0.129. The highest BCUT2D eigenvalue weighted by molar-refractivity contribution is 5.67. The monoisotopic (exact) mass is 702 g/mol. The Morgan fingerprint density at radius 1 is 0.780 bits per heavy atom. The zero-order chi connectivity index (χ0) is 35.8. The van der Waals surface area contributed by atoms with Crippen LogP contribution in [-0.2, 0) is 63.6 Å². The molecule has 0 amide bonds. The summed E-state index contributed by atoms with van der Waals surface area (Å²) in [6, 6.07) is 14.8. The number of methoxy groups -OCH3 is 3. The normalized spacial score (nSPS) is 32.3. The van der Waals surface area contributed by atoms with Gasteiger partial charge in [0.15, 0.2) is 31.1 Å². The Morgan fingerprint density at radius 2 is 1.42 bits per heavy atom. The van der Waals surface area contributed by atoms with Gasteiger partial charge in [0.25, 0.3) is 0 Å². The number of carbonyl (C=O) groups excluding carboxylic acids is 2. The first-order chi connectivity index (χ1) is 24.1. The lowest BCUT2D eigenvalue weighted by Crippen LogP contribution is -2.66. The molecule has 50 heavy (non-hydrogen) atoms. The summed E-state index contributed by atoms with van der Waals surface area (Å²) < 4.78 is 72.4. The Labute approximate surface area is 291 Å². The second-order valence-corrected chi connectivity index (χ2v) is 12.0. The number of hydrogen-bond acceptors (Lipinski definition) is 14. The Hall–Kier alpha value is -3.60. The highest BCUT2D eigenvalue weighted by Crippen LogP contribution is 2.39. The molecular weight excluding hydrogens is 656 g/mol. The van der Waals surface area contributed by atoms with Gasteiger partial charge >= 0.3 is 11.9 Å². The molecule has 14 nitrogen and oxygen atoms in total. The predicted molar refractivity (Wildman–Crippen MR) is 174 cm³/mol. The SMILES string of the molecule is C=CCO[C@@H]1O[C@@H]2COC(c3ccc(OC)cc3)O[C@@H]2[C@H](OCc2ccc(OC)cc2)[C@H]1O[C@@H]1O[C@@H](C)[C@@H](OC(C)=O)[C@@H](OC(C)=O)[C@@H]1OC. The van der Waals surface area contributed by atoms with Crippen molar-refractivity contribution in [3.8, 4) is 11.5 Å². The van der Waals surface area contributed by atoms with Gasteiger partial charge in [0.1, 0.15) is 42.0 Å². The molecule has 3 fully saturated rings. The average molecular weight is 703 g/mol. The van der Waals surface area contributed by atoms with Gasteiger partial charge in [-0.05, 0) is 36.8 Å². The van der Waals surface area contributed by atoms with Gasteiger partial charge in [-0.1, -0.05) is 30.3 Å². The second-order valence-electron chi connectivity index (χ2n) is 12.0. The first kappa shape index (κ1) is 37.7. The molecule has 1 unspecified atom stereocenters. The van der Waals surface area contributed by atoms with E-state index in [1.54, 1.807) is 27.2 Å². The fraction of sp³-hybridized carbons (Fsp3) is 0.556. The van der Waals surface area contributed by atoms with Crippen LogP contribution in [0.5, 0.6) is 11.5 Å². The Morgan fingerprint density at radius 3 is 2.02 bits per heavy atom. The number of esters is 2. The van der Waals surface area contributed by atoms with Gasteiger partial charge in [0.05, 0.1) is 40.1 Å². The van der Waals surface area contributed by atoms with Crippen LogP contribution in [-0.4, -0.2) is 108 Å². The smallest absolute Gasteiger partial charge is 0.303 e. The van der Waals surface area contributed by atoms with Gasteiger partial charge < -0.3 is 56.8 Å². The highest BCUT2D eigenvalue weighted by Gasteiger charge is 2.56. The van der Waals surface area contributed by atoms with E-state index in [0.29, 0.717) is 11.5 Å². The molecule has 0 bridgehead atoms. The summed E-state index contributed by atoms with van der Waals surface area (Å²) in [5.41, 5.74) is 1.64. The largest absolute Gasteiger partial charge is 0.497 e. The Kier molecular flexibility index (Phi) is 13.2. The maximum atomic E-state index is 12.2. The van der Waals surface area contributed by atoms with E-state index in [1.807, 2.05) is 48.5 Å². The van der Waals surface area contributed by atoms with Gasteiger partial charge in [-0.25, -0.2) is 0 Å². The zero-order valence-electron chi connectivity index (χ0n) is 29.1. The van der Waals surface area contributed by atoms with Crippen LogP contribution >= 0.6 is 0 Å². The highest BCUT2D eigenvalue weighted by atomic mass is 16.8. The van der Waals surface area contributed by atoms with Gasteiger partial charge in [-0.2, -0.15) is 0 Å². The molecule has 0 N–H and O–H groups in total. The molecule has 2 aromatic carbocycles. The van der Waals surface area contributed by atoms with E-state index < -0.39 is 79.6 Å². The lowest BCUT2D eigenvalue weighted by molar-refractivity contribution is -0.396. The van der Waals surface area contributed by atoms with E-state index in [0.717, 1.165) is 11.1 Å². The van der Waals surface area contributed by atoms with Gasteiger partial charge in [0.2, 0.25) is 0 Å². The molecule has 274 valence electrons. The number of benzene rings is 2.